The molecule has 0 saturated carbocycles. The quantitative estimate of drug-likeness (QED) is 0.469. The summed E-state index contributed by atoms with van der Waals surface area (Å²) in [6.45, 7) is 11.4. The third kappa shape index (κ3) is 76.0. The molecule has 0 spiro atoms. The fourth-order valence-electron chi connectivity index (χ4n) is 0. The van der Waals surface area contributed by atoms with E-state index < -0.39 is 0 Å². The minimum absolute atomic E-state index is 0.750. The third-order valence-corrected chi connectivity index (χ3v) is 0.707. The first-order valence-corrected chi connectivity index (χ1v) is 4.26. The SMILES string of the molecule is [CH2-]CCC.[CH2-]CCC.[O]=[Ti+2]. The molecule has 10 heavy (non-hydrogen) atoms. The Morgan fingerprint density at radius 2 is 1.10 bits per heavy atom. The van der Waals surface area contributed by atoms with Crippen LogP contribution in [0.5, 0.6) is 0 Å². The van der Waals surface area contributed by atoms with Gasteiger partial charge in [0.2, 0.25) is 0 Å². The van der Waals surface area contributed by atoms with Gasteiger partial charge in [-0.25, -0.2) is 0 Å². The fraction of sp³-hybridized carbons (Fsp3) is 0.750. The Balaban J connectivity index is -0.0000000787. The molecule has 0 aromatic rings. The summed E-state index contributed by atoms with van der Waals surface area (Å²) in [4.78, 5) is 0. The number of unbranched alkanes of at least 4 members (excludes halogenated alkanes) is 2. The maximum absolute atomic E-state index is 8.25. The molecule has 1 nitrogen and oxygen atoms in total. The van der Waals surface area contributed by atoms with Gasteiger partial charge < -0.3 is 13.8 Å². The molecule has 0 radical (unpaired) electrons. The molecule has 0 fully saturated rings. The summed E-state index contributed by atoms with van der Waals surface area (Å²) in [5.74, 6) is 0. The summed E-state index contributed by atoms with van der Waals surface area (Å²) in [5, 5.41) is 0. The van der Waals surface area contributed by atoms with E-state index in [-0.39, 0.29) is 0 Å². The van der Waals surface area contributed by atoms with E-state index in [0.717, 1.165) is 33.2 Å². The molecular weight excluding hydrogens is 160 g/mol. The molecule has 0 atom stereocenters. The van der Waals surface area contributed by atoms with Gasteiger partial charge in [-0.1, -0.05) is 26.7 Å². The van der Waals surface area contributed by atoms with Crippen LogP contribution in [0.15, 0.2) is 0 Å². The van der Waals surface area contributed by atoms with E-state index in [2.05, 4.69) is 27.7 Å². The molecule has 0 N–H and O–H groups in total. The number of rotatable bonds is 2. The van der Waals surface area contributed by atoms with Crippen molar-refractivity contribution in [1.29, 1.82) is 0 Å². The average Bonchev–Trinajstić information content (AvgIpc) is 2.08. The molecule has 0 saturated heterocycles. The van der Waals surface area contributed by atoms with Gasteiger partial charge in [0.15, 0.2) is 0 Å². The molecule has 0 rings (SSSR count). The second-order valence-corrected chi connectivity index (χ2v) is 1.71. The van der Waals surface area contributed by atoms with E-state index >= 15 is 0 Å². The van der Waals surface area contributed by atoms with Crippen molar-refractivity contribution in [1.82, 2.24) is 0 Å². The first kappa shape index (κ1) is 16.9. The summed E-state index contributed by atoms with van der Waals surface area (Å²) >= 11 is 0.750. The van der Waals surface area contributed by atoms with Crippen molar-refractivity contribution in [3.63, 3.8) is 0 Å². The van der Waals surface area contributed by atoms with Crippen LogP contribution in [0.25, 0.3) is 0 Å². The van der Waals surface area contributed by atoms with Crippen molar-refractivity contribution in [3.8, 4) is 0 Å². The zero-order chi connectivity index (χ0) is 8.83. The van der Waals surface area contributed by atoms with Crippen LogP contribution in [0, 0.1) is 13.8 Å². The van der Waals surface area contributed by atoms with Gasteiger partial charge in [0, 0.05) is 0 Å². The summed E-state index contributed by atoms with van der Waals surface area (Å²) in [6, 6.07) is 0. The Kier molecular flexibility index (Phi) is 57.0. The minimum atomic E-state index is 0.750. The van der Waals surface area contributed by atoms with Gasteiger partial charge in [0.1, 0.15) is 0 Å². The van der Waals surface area contributed by atoms with E-state index in [9.17, 15) is 0 Å². The Labute approximate surface area is 77.3 Å². The van der Waals surface area contributed by atoms with Crippen LogP contribution >= 0.6 is 0 Å². The molecular formula is C8H18OTi. The monoisotopic (exact) mass is 178 g/mol. The second-order valence-electron chi connectivity index (χ2n) is 1.71. The molecule has 0 amide bonds. The van der Waals surface area contributed by atoms with Gasteiger partial charge in [-0.05, 0) is 0 Å². The van der Waals surface area contributed by atoms with Crippen LogP contribution in [-0.4, -0.2) is 0 Å². The van der Waals surface area contributed by atoms with Crippen molar-refractivity contribution in [2.75, 3.05) is 0 Å². The van der Waals surface area contributed by atoms with E-state index in [4.69, 9.17) is 3.32 Å². The van der Waals surface area contributed by atoms with Crippen LogP contribution in [0.3, 0.4) is 0 Å². The summed E-state index contributed by atoms with van der Waals surface area (Å²) in [7, 11) is 0. The van der Waals surface area contributed by atoms with Crippen molar-refractivity contribution >= 4 is 0 Å². The summed E-state index contributed by atoms with van der Waals surface area (Å²) < 4.78 is 8.25. The number of hydrogen-bond donors (Lipinski definition) is 0. The Morgan fingerprint density at radius 3 is 1.10 bits per heavy atom. The predicted molar refractivity (Wildman–Crippen MR) is 41.2 cm³/mol. The third-order valence-electron chi connectivity index (χ3n) is 0.707. The predicted octanol–water partition coefficient (Wildman–Crippen LogP) is 3.12. The standard InChI is InChI=1S/2C4H9.O.Ti/c2*1-3-4-2;;/h2*1,3-4H2,2H3;;/q2*-1;;+2. The van der Waals surface area contributed by atoms with E-state index in [0.29, 0.717) is 0 Å². The van der Waals surface area contributed by atoms with E-state index in [1.165, 1.54) is 12.8 Å². The van der Waals surface area contributed by atoms with Gasteiger partial charge >= 0.3 is 23.7 Å². The molecule has 2 heteroatoms. The van der Waals surface area contributed by atoms with Gasteiger partial charge in [-0.2, -0.15) is 12.8 Å². The summed E-state index contributed by atoms with van der Waals surface area (Å²) in [5.41, 5.74) is 0. The first-order valence-electron chi connectivity index (χ1n) is 3.62. The van der Waals surface area contributed by atoms with Gasteiger partial charge in [-0.3, -0.25) is 0 Å². The topological polar surface area (TPSA) is 17.1 Å². The Hall–Kier alpha value is 0.514. The van der Waals surface area contributed by atoms with Crippen LogP contribution in [0.2, 0.25) is 0 Å². The van der Waals surface area contributed by atoms with Crippen LogP contribution in [-0.2, 0) is 23.7 Å². The second kappa shape index (κ2) is 33.8. The molecule has 0 unspecified atom stereocenters. The van der Waals surface area contributed by atoms with Gasteiger partial charge in [0.05, 0.1) is 0 Å². The average molecular weight is 178 g/mol. The van der Waals surface area contributed by atoms with E-state index in [1.54, 1.807) is 0 Å². The molecule has 0 bridgehead atoms. The fourth-order valence-corrected chi connectivity index (χ4v) is 0. The molecule has 0 aliphatic heterocycles. The van der Waals surface area contributed by atoms with Crippen molar-refractivity contribution in [3.05, 3.63) is 13.8 Å². The normalized spacial score (nSPS) is 6.60. The molecule has 60 valence electrons. The van der Waals surface area contributed by atoms with Crippen molar-refractivity contribution in [2.45, 2.75) is 39.5 Å². The first-order chi connectivity index (χ1) is 4.83. The maximum atomic E-state index is 8.25. The van der Waals surface area contributed by atoms with Crippen LogP contribution < -0.4 is 0 Å². The molecule has 0 aliphatic carbocycles. The number of hydrogen-bond acceptors (Lipinski definition) is 1. The molecule has 0 aliphatic rings. The van der Waals surface area contributed by atoms with E-state index in [1.807, 2.05) is 0 Å². The van der Waals surface area contributed by atoms with Crippen molar-refractivity contribution < 1.29 is 23.7 Å². The Bertz CT molecular complexity index is 24.4. The zero-order valence-electron chi connectivity index (χ0n) is 7.15. The van der Waals surface area contributed by atoms with Gasteiger partial charge in [0.25, 0.3) is 0 Å². The molecule has 0 heterocycles. The Morgan fingerprint density at radius 1 is 1.00 bits per heavy atom. The van der Waals surface area contributed by atoms with Crippen LogP contribution in [0.1, 0.15) is 39.5 Å². The molecule has 0 aromatic carbocycles. The van der Waals surface area contributed by atoms with Gasteiger partial charge in [-0.15, -0.1) is 0 Å². The molecule has 0 aromatic heterocycles. The van der Waals surface area contributed by atoms with Crippen molar-refractivity contribution in [2.24, 2.45) is 0 Å². The summed E-state index contributed by atoms with van der Waals surface area (Å²) in [6.07, 6.45) is 4.56. The zero-order valence-corrected chi connectivity index (χ0v) is 8.71. The van der Waals surface area contributed by atoms with Crippen LogP contribution in [0.4, 0.5) is 0 Å².